The Bertz CT molecular complexity index is 1420. The van der Waals surface area contributed by atoms with E-state index in [1.165, 1.54) is 17.7 Å². The van der Waals surface area contributed by atoms with Gasteiger partial charge in [-0.05, 0) is 74.1 Å². The summed E-state index contributed by atoms with van der Waals surface area (Å²) in [6.45, 7) is 2.74. The van der Waals surface area contributed by atoms with Crippen LogP contribution in [0.2, 0.25) is 0 Å². The minimum Gasteiger partial charge on any atom is -0.345 e. The van der Waals surface area contributed by atoms with Crippen LogP contribution in [0.15, 0.2) is 54.7 Å². The molecule has 0 radical (unpaired) electrons. The van der Waals surface area contributed by atoms with Gasteiger partial charge in [-0.2, -0.15) is 0 Å². The second kappa shape index (κ2) is 10.5. The van der Waals surface area contributed by atoms with Crippen molar-refractivity contribution in [2.24, 2.45) is 5.92 Å². The Labute approximate surface area is 234 Å². The van der Waals surface area contributed by atoms with Crippen molar-refractivity contribution in [2.45, 2.75) is 57.3 Å². The number of rotatable bonds is 8. The van der Waals surface area contributed by atoms with Crippen LogP contribution in [0.1, 0.15) is 69.9 Å². The van der Waals surface area contributed by atoms with Gasteiger partial charge in [-0.25, -0.2) is 0 Å². The summed E-state index contributed by atoms with van der Waals surface area (Å²) in [4.78, 5) is 46.0. The molecule has 2 aromatic heterocycles. The van der Waals surface area contributed by atoms with E-state index in [1.54, 1.807) is 25.2 Å². The first-order valence-electron chi connectivity index (χ1n) is 14.1. The lowest BCUT2D eigenvalue weighted by Crippen LogP contribution is -2.56. The number of pyridine rings is 1. The van der Waals surface area contributed by atoms with E-state index < -0.39 is 0 Å². The first kappa shape index (κ1) is 26.3. The lowest BCUT2D eigenvalue weighted by atomic mass is 9.71. The third-order valence-electron chi connectivity index (χ3n) is 8.52. The summed E-state index contributed by atoms with van der Waals surface area (Å²) in [6.07, 6.45) is 6.87. The lowest BCUT2D eigenvalue weighted by molar-refractivity contribution is -0.117. The Morgan fingerprint density at radius 2 is 1.77 bits per heavy atom. The molecule has 2 fully saturated rings. The van der Waals surface area contributed by atoms with E-state index in [4.69, 9.17) is 0 Å². The normalized spacial score (nSPS) is 17.6. The van der Waals surface area contributed by atoms with Crippen LogP contribution < -0.4 is 10.6 Å². The molecule has 6 rings (SSSR count). The molecule has 3 amide bonds. The third-order valence-corrected chi connectivity index (χ3v) is 8.52. The van der Waals surface area contributed by atoms with E-state index in [2.05, 4.69) is 43.3 Å². The largest absolute Gasteiger partial charge is 0.345 e. The highest BCUT2D eigenvalue weighted by Crippen LogP contribution is 2.49. The van der Waals surface area contributed by atoms with Crippen LogP contribution in [0.4, 0.5) is 5.69 Å². The predicted molar refractivity (Wildman–Crippen MR) is 152 cm³/mol. The number of nitrogens with one attached hydrogen (secondary N) is 2. The number of nitrogens with zero attached hydrogens (tertiary/aromatic N) is 4. The minimum absolute atomic E-state index is 0.00813. The maximum absolute atomic E-state index is 13.2. The first-order valence-corrected chi connectivity index (χ1v) is 14.1. The smallest absolute Gasteiger partial charge is 0.268 e. The highest BCUT2D eigenvalue weighted by atomic mass is 16.2. The van der Waals surface area contributed by atoms with Gasteiger partial charge in [-0.15, -0.1) is 0 Å². The number of benzene rings is 1. The number of anilines is 1. The first-order chi connectivity index (χ1) is 19.3. The van der Waals surface area contributed by atoms with Gasteiger partial charge in [0.1, 0.15) is 5.69 Å². The quantitative estimate of drug-likeness (QED) is 0.453. The van der Waals surface area contributed by atoms with Crippen molar-refractivity contribution in [3.8, 4) is 0 Å². The monoisotopic (exact) mass is 540 g/mol. The van der Waals surface area contributed by atoms with Gasteiger partial charge < -0.3 is 20.1 Å². The Hall–Kier alpha value is -3.98. The number of amides is 3. The van der Waals surface area contributed by atoms with Gasteiger partial charge in [0.25, 0.3) is 11.8 Å². The zero-order chi connectivity index (χ0) is 27.9. The zero-order valence-corrected chi connectivity index (χ0v) is 23.2. The van der Waals surface area contributed by atoms with Crippen LogP contribution in [0, 0.1) is 5.92 Å². The van der Waals surface area contributed by atoms with Crippen LogP contribution in [0.25, 0.3) is 0 Å². The molecule has 3 heterocycles. The molecule has 2 saturated carbocycles. The summed E-state index contributed by atoms with van der Waals surface area (Å²) >= 11 is 0. The van der Waals surface area contributed by atoms with Gasteiger partial charge in [-0.1, -0.05) is 12.1 Å². The maximum atomic E-state index is 13.2. The average molecular weight is 541 g/mol. The number of hydrogen-bond donors (Lipinski definition) is 2. The molecular weight excluding hydrogens is 504 g/mol. The molecule has 9 nitrogen and oxygen atoms in total. The van der Waals surface area contributed by atoms with Crippen LogP contribution in [-0.4, -0.2) is 57.7 Å². The van der Waals surface area contributed by atoms with Crippen molar-refractivity contribution in [3.63, 3.8) is 0 Å². The molecule has 1 aromatic carbocycles. The number of aromatic nitrogens is 2. The van der Waals surface area contributed by atoms with Gasteiger partial charge in [0.2, 0.25) is 5.91 Å². The fourth-order valence-corrected chi connectivity index (χ4v) is 5.91. The van der Waals surface area contributed by atoms with Crippen molar-refractivity contribution in [1.29, 1.82) is 0 Å². The highest BCUT2D eigenvalue weighted by Gasteiger charge is 2.48. The fraction of sp³-hybridized carbons (Fsp3) is 0.419. The van der Waals surface area contributed by atoms with Gasteiger partial charge in [-0.3, -0.25) is 24.3 Å². The van der Waals surface area contributed by atoms with Gasteiger partial charge in [0.15, 0.2) is 0 Å². The molecule has 0 bridgehead atoms. The summed E-state index contributed by atoms with van der Waals surface area (Å²) < 4.78 is 2.19. The molecule has 2 aliphatic carbocycles. The van der Waals surface area contributed by atoms with Gasteiger partial charge in [0, 0.05) is 50.9 Å². The van der Waals surface area contributed by atoms with Crippen molar-refractivity contribution >= 4 is 23.4 Å². The highest BCUT2D eigenvalue weighted by molar-refractivity contribution is 5.94. The van der Waals surface area contributed by atoms with E-state index in [0.717, 1.165) is 51.0 Å². The summed E-state index contributed by atoms with van der Waals surface area (Å²) in [5.41, 5.74) is 5.14. The molecule has 0 atom stereocenters. The zero-order valence-electron chi connectivity index (χ0n) is 23.2. The topological polar surface area (TPSA) is 99.6 Å². The summed E-state index contributed by atoms with van der Waals surface area (Å²) in [6, 6.07) is 15.7. The van der Waals surface area contributed by atoms with E-state index in [0.29, 0.717) is 23.5 Å². The standard InChI is InChI=1S/C31H36N6O3/c1-35(2)30(40)23-6-4-21(5-7-23)20-36-16-17-37-26(12-13-27(37)31(36)14-3-15-31)29(39)33-18-24-10-11-25(19-32-24)34-28(38)22-8-9-22/h4-7,10-13,19,22H,3,8-9,14-18,20H2,1-2H3,(H,33,39)(H,34,38). The van der Waals surface area contributed by atoms with Crippen molar-refractivity contribution < 1.29 is 14.4 Å². The van der Waals surface area contributed by atoms with E-state index in [9.17, 15) is 14.4 Å². The molecule has 208 valence electrons. The Kier molecular flexibility index (Phi) is 6.92. The van der Waals surface area contributed by atoms with Crippen molar-refractivity contribution in [2.75, 3.05) is 26.0 Å². The van der Waals surface area contributed by atoms with Crippen molar-refractivity contribution in [1.82, 2.24) is 24.7 Å². The maximum Gasteiger partial charge on any atom is 0.268 e. The van der Waals surface area contributed by atoms with Crippen LogP contribution in [0.3, 0.4) is 0 Å². The molecule has 9 heteroatoms. The summed E-state index contributed by atoms with van der Waals surface area (Å²) in [5, 5.41) is 5.91. The van der Waals surface area contributed by atoms with E-state index in [-0.39, 0.29) is 29.2 Å². The summed E-state index contributed by atoms with van der Waals surface area (Å²) in [5.74, 6) is 0.0970. The molecule has 0 saturated heterocycles. The van der Waals surface area contributed by atoms with Gasteiger partial charge >= 0.3 is 0 Å². The SMILES string of the molecule is CN(C)C(=O)c1ccc(CN2CCn3c(C(=O)NCc4ccc(NC(=O)C5CC5)cn4)ccc3C23CCC3)cc1. The second-order valence-electron chi connectivity index (χ2n) is 11.4. The van der Waals surface area contributed by atoms with E-state index in [1.807, 2.05) is 30.3 Å². The van der Waals surface area contributed by atoms with Crippen LogP contribution >= 0.6 is 0 Å². The number of carbonyl (C=O) groups excluding carboxylic acids is 3. The number of carbonyl (C=O) groups is 3. The van der Waals surface area contributed by atoms with Crippen LogP contribution in [-0.2, 0) is 30.0 Å². The molecule has 2 N–H and O–H groups in total. The third kappa shape index (κ3) is 5.01. The molecule has 0 unspecified atom stereocenters. The molecular formula is C31H36N6O3. The molecule has 1 spiro atoms. The van der Waals surface area contributed by atoms with E-state index >= 15 is 0 Å². The Morgan fingerprint density at radius 1 is 1.00 bits per heavy atom. The molecule has 40 heavy (non-hydrogen) atoms. The number of fused-ring (bicyclic) bond motifs is 2. The van der Waals surface area contributed by atoms with Gasteiger partial charge in [0.05, 0.1) is 29.7 Å². The summed E-state index contributed by atoms with van der Waals surface area (Å²) in [7, 11) is 3.53. The van der Waals surface area contributed by atoms with Crippen molar-refractivity contribution in [3.05, 3.63) is 82.9 Å². The molecule has 3 aliphatic rings. The number of hydrogen-bond acceptors (Lipinski definition) is 5. The lowest BCUT2D eigenvalue weighted by Gasteiger charge is -2.53. The molecule has 3 aromatic rings. The molecule has 1 aliphatic heterocycles. The Balaban J connectivity index is 1.10. The van der Waals surface area contributed by atoms with Crippen LogP contribution in [0.5, 0.6) is 0 Å². The minimum atomic E-state index is -0.108. The second-order valence-corrected chi connectivity index (χ2v) is 11.4. The fourth-order valence-electron chi connectivity index (χ4n) is 5.91. The Morgan fingerprint density at radius 3 is 2.40 bits per heavy atom. The predicted octanol–water partition coefficient (Wildman–Crippen LogP) is 3.76. The average Bonchev–Trinajstić information content (AvgIpc) is 3.70.